The van der Waals surface area contributed by atoms with E-state index in [-0.39, 0.29) is 11.6 Å². The first-order chi connectivity index (χ1) is 14.7. The number of imidazole rings is 1. The van der Waals surface area contributed by atoms with Gasteiger partial charge in [-0.2, -0.15) is 0 Å². The Morgan fingerprint density at radius 2 is 1.67 bits per heavy atom. The lowest BCUT2D eigenvalue weighted by molar-refractivity contribution is 0.104. The van der Waals surface area contributed by atoms with Crippen molar-refractivity contribution < 1.29 is 13.9 Å². The number of nitrogens with one attached hydrogen (secondary N) is 1. The standard InChI is InChI=1S/C24H18FN3O2/c25-18-12-19-20(13-21(18)28-8-10-30-11-9-28)27-24(26-19)17-7-3-6-16-22(17)14-4-1-2-5-15(14)23(16)29/h1-7,12-13H,8-11H2,(H,26,27). The van der Waals surface area contributed by atoms with E-state index in [9.17, 15) is 9.18 Å². The Bertz CT molecular complexity index is 1320. The molecule has 4 aromatic rings. The number of halogens is 1. The van der Waals surface area contributed by atoms with Gasteiger partial charge in [-0.1, -0.05) is 42.5 Å². The van der Waals surface area contributed by atoms with Crippen LogP contribution in [0.5, 0.6) is 0 Å². The largest absolute Gasteiger partial charge is 0.378 e. The maximum atomic E-state index is 14.8. The predicted molar refractivity (Wildman–Crippen MR) is 113 cm³/mol. The first-order valence-electron chi connectivity index (χ1n) is 10.00. The summed E-state index contributed by atoms with van der Waals surface area (Å²) in [6.45, 7) is 2.51. The topological polar surface area (TPSA) is 58.2 Å². The van der Waals surface area contributed by atoms with Crippen LogP contribution in [0.3, 0.4) is 0 Å². The number of nitrogens with zero attached hydrogens (tertiary/aromatic N) is 2. The van der Waals surface area contributed by atoms with E-state index in [0.29, 0.717) is 54.5 Å². The van der Waals surface area contributed by atoms with Crippen molar-refractivity contribution in [2.75, 3.05) is 31.2 Å². The Hall–Kier alpha value is -3.51. The summed E-state index contributed by atoms with van der Waals surface area (Å²) in [5.74, 6) is 0.366. The summed E-state index contributed by atoms with van der Waals surface area (Å²) in [7, 11) is 0. The molecule has 0 saturated carbocycles. The number of ketones is 1. The second kappa shape index (κ2) is 6.50. The minimum absolute atomic E-state index is 0.0270. The highest BCUT2D eigenvalue weighted by atomic mass is 19.1. The Labute approximate surface area is 172 Å². The molecule has 2 heterocycles. The molecule has 6 heteroatoms. The number of benzene rings is 3. The first-order valence-corrected chi connectivity index (χ1v) is 10.00. The van der Waals surface area contributed by atoms with Gasteiger partial charge in [-0.25, -0.2) is 9.37 Å². The molecule has 0 unspecified atom stereocenters. The van der Waals surface area contributed by atoms with E-state index in [1.807, 2.05) is 53.4 Å². The quantitative estimate of drug-likeness (QED) is 0.478. The third kappa shape index (κ3) is 2.50. The zero-order valence-electron chi connectivity index (χ0n) is 16.1. The van der Waals surface area contributed by atoms with Crippen LogP contribution >= 0.6 is 0 Å². The van der Waals surface area contributed by atoms with Crippen LogP contribution in [0.1, 0.15) is 15.9 Å². The van der Waals surface area contributed by atoms with Crippen LogP contribution in [0.4, 0.5) is 10.1 Å². The SMILES string of the molecule is O=C1c2ccccc2-c2c1cccc2-c1nc2cc(F)c(N3CCOCC3)cc2[nH]1. The van der Waals surface area contributed by atoms with Crippen LogP contribution in [-0.2, 0) is 4.74 Å². The molecule has 5 nitrogen and oxygen atoms in total. The molecule has 1 N–H and O–H groups in total. The molecule has 0 spiro atoms. The van der Waals surface area contributed by atoms with Crippen molar-refractivity contribution in [3.05, 3.63) is 71.5 Å². The Kier molecular flexibility index (Phi) is 3.76. The summed E-state index contributed by atoms with van der Waals surface area (Å²) in [6, 6.07) is 16.6. The average Bonchev–Trinajstić information content (AvgIpc) is 3.33. The molecular formula is C24H18FN3O2. The first kappa shape index (κ1) is 17.4. The number of rotatable bonds is 2. The number of fused-ring (bicyclic) bond motifs is 4. The summed E-state index contributed by atoms with van der Waals surface area (Å²) < 4.78 is 20.2. The fourth-order valence-electron chi connectivity index (χ4n) is 4.47. The number of aromatic nitrogens is 2. The van der Waals surface area contributed by atoms with Gasteiger partial charge < -0.3 is 14.6 Å². The van der Waals surface area contributed by atoms with Crippen LogP contribution in [0.2, 0.25) is 0 Å². The molecule has 2 aliphatic rings. The van der Waals surface area contributed by atoms with Crippen molar-refractivity contribution >= 4 is 22.5 Å². The highest BCUT2D eigenvalue weighted by Gasteiger charge is 2.29. The molecule has 6 rings (SSSR count). The van der Waals surface area contributed by atoms with E-state index in [0.717, 1.165) is 22.2 Å². The van der Waals surface area contributed by atoms with E-state index < -0.39 is 0 Å². The molecule has 0 amide bonds. The van der Waals surface area contributed by atoms with E-state index >= 15 is 0 Å². The number of aromatic amines is 1. The number of ether oxygens (including phenoxy) is 1. The smallest absolute Gasteiger partial charge is 0.194 e. The van der Waals surface area contributed by atoms with Crippen LogP contribution in [0.25, 0.3) is 33.5 Å². The Morgan fingerprint density at radius 1 is 0.933 bits per heavy atom. The van der Waals surface area contributed by atoms with E-state index in [1.54, 1.807) is 0 Å². The summed E-state index contributed by atoms with van der Waals surface area (Å²) in [6.07, 6.45) is 0. The zero-order chi connectivity index (χ0) is 20.2. The van der Waals surface area contributed by atoms with Gasteiger partial charge in [0.25, 0.3) is 0 Å². The van der Waals surface area contributed by atoms with Crippen LogP contribution in [0.15, 0.2) is 54.6 Å². The van der Waals surface area contributed by atoms with Crippen molar-refractivity contribution in [1.29, 1.82) is 0 Å². The van der Waals surface area contributed by atoms with Crippen molar-refractivity contribution in [2.45, 2.75) is 0 Å². The lowest BCUT2D eigenvalue weighted by Gasteiger charge is -2.29. The predicted octanol–water partition coefficient (Wildman–Crippen LogP) is 4.42. The lowest BCUT2D eigenvalue weighted by Crippen LogP contribution is -2.36. The number of morpholine rings is 1. The van der Waals surface area contributed by atoms with Crippen molar-refractivity contribution in [1.82, 2.24) is 9.97 Å². The van der Waals surface area contributed by atoms with E-state index in [2.05, 4.69) is 9.97 Å². The highest BCUT2D eigenvalue weighted by molar-refractivity contribution is 6.23. The molecule has 1 aliphatic carbocycles. The van der Waals surface area contributed by atoms with Gasteiger partial charge in [0.15, 0.2) is 5.78 Å². The third-order valence-corrected chi connectivity index (χ3v) is 5.91. The second-order valence-corrected chi connectivity index (χ2v) is 7.61. The van der Waals surface area contributed by atoms with Crippen molar-refractivity contribution in [3.63, 3.8) is 0 Å². The van der Waals surface area contributed by atoms with Gasteiger partial charge in [-0.3, -0.25) is 4.79 Å². The molecule has 3 aromatic carbocycles. The molecule has 0 radical (unpaired) electrons. The Balaban J connectivity index is 1.50. The van der Waals surface area contributed by atoms with Crippen LogP contribution in [0, 0.1) is 5.82 Å². The number of hydrogen-bond donors (Lipinski definition) is 1. The number of hydrogen-bond acceptors (Lipinski definition) is 4. The zero-order valence-corrected chi connectivity index (χ0v) is 16.1. The van der Waals surface area contributed by atoms with Gasteiger partial charge in [0.2, 0.25) is 0 Å². The summed E-state index contributed by atoms with van der Waals surface area (Å²) >= 11 is 0. The average molecular weight is 399 g/mol. The molecule has 0 bridgehead atoms. The van der Waals surface area contributed by atoms with E-state index in [1.165, 1.54) is 6.07 Å². The van der Waals surface area contributed by atoms with Crippen molar-refractivity contribution in [3.8, 4) is 22.5 Å². The molecule has 1 aromatic heterocycles. The fourth-order valence-corrected chi connectivity index (χ4v) is 4.47. The fraction of sp³-hybridized carbons (Fsp3) is 0.167. The summed E-state index contributed by atoms with van der Waals surface area (Å²) in [5, 5.41) is 0. The monoisotopic (exact) mass is 399 g/mol. The molecule has 0 atom stereocenters. The number of carbonyl (C=O) groups excluding carboxylic acids is 1. The van der Waals surface area contributed by atoms with Gasteiger partial charge >= 0.3 is 0 Å². The Morgan fingerprint density at radius 3 is 2.50 bits per heavy atom. The molecule has 148 valence electrons. The molecule has 1 saturated heterocycles. The second-order valence-electron chi connectivity index (χ2n) is 7.61. The minimum Gasteiger partial charge on any atom is -0.378 e. The number of carbonyl (C=O) groups is 1. The van der Waals surface area contributed by atoms with E-state index in [4.69, 9.17) is 4.74 Å². The number of anilines is 1. The van der Waals surface area contributed by atoms with Crippen molar-refractivity contribution in [2.24, 2.45) is 0 Å². The maximum absolute atomic E-state index is 14.8. The molecule has 1 fully saturated rings. The summed E-state index contributed by atoms with van der Waals surface area (Å²) in [4.78, 5) is 22.8. The van der Waals surface area contributed by atoms with Gasteiger partial charge in [0, 0.05) is 41.4 Å². The molecule has 1 aliphatic heterocycles. The highest BCUT2D eigenvalue weighted by Crippen LogP contribution is 2.42. The maximum Gasteiger partial charge on any atom is 0.194 e. The lowest BCUT2D eigenvalue weighted by atomic mass is 9.99. The van der Waals surface area contributed by atoms with Gasteiger partial charge in [0.05, 0.1) is 29.9 Å². The van der Waals surface area contributed by atoms with Crippen LogP contribution in [-0.4, -0.2) is 42.1 Å². The molecule has 30 heavy (non-hydrogen) atoms. The van der Waals surface area contributed by atoms with Gasteiger partial charge in [0.1, 0.15) is 11.6 Å². The third-order valence-electron chi connectivity index (χ3n) is 5.91. The number of H-pyrrole nitrogens is 1. The van der Waals surface area contributed by atoms with Crippen LogP contribution < -0.4 is 4.90 Å². The minimum atomic E-state index is -0.290. The molecular weight excluding hydrogens is 381 g/mol. The van der Waals surface area contributed by atoms with Gasteiger partial charge in [-0.15, -0.1) is 0 Å². The normalized spacial score (nSPS) is 15.5. The summed E-state index contributed by atoms with van der Waals surface area (Å²) in [5.41, 5.74) is 5.90. The van der Waals surface area contributed by atoms with Gasteiger partial charge in [-0.05, 0) is 11.6 Å².